The molecule has 0 saturated carbocycles. The van der Waals surface area contributed by atoms with Gasteiger partial charge in [-0.15, -0.1) is 0 Å². The summed E-state index contributed by atoms with van der Waals surface area (Å²) < 4.78 is 6.44. The number of carbonyl (C=O) groups excluding carboxylic acids is 1. The Hall–Kier alpha value is -2.70. The van der Waals surface area contributed by atoms with E-state index in [0.717, 1.165) is 0 Å². The number of non-ortho nitro benzene ring substituents is 1. The van der Waals surface area contributed by atoms with Gasteiger partial charge in [-0.05, 0) is 19.1 Å². The van der Waals surface area contributed by atoms with Crippen molar-refractivity contribution in [3.63, 3.8) is 0 Å². The maximum Gasteiger partial charge on any atom is 0.309 e. The minimum absolute atomic E-state index is 0.0123. The summed E-state index contributed by atoms with van der Waals surface area (Å²) in [5, 5.41) is 14.8. The summed E-state index contributed by atoms with van der Waals surface area (Å²) in [6.45, 7) is 3.05. The number of ether oxygens (including phenoxy) is 1. The lowest BCUT2D eigenvalue weighted by atomic mass is 10.3. The van der Waals surface area contributed by atoms with Crippen molar-refractivity contribution in [1.82, 2.24) is 9.78 Å². The van der Waals surface area contributed by atoms with Crippen LogP contribution in [0.4, 0.5) is 5.69 Å². The van der Waals surface area contributed by atoms with Crippen LogP contribution >= 0.6 is 0 Å². The van der Waals surface area contributed by atoms with E-state index in [1.54, 1.807) is 13.0 Å². The second-order valence-electron chi connectivity index (χ2n) is 3.90. The summed E-state index contributed by atoms with van der Waals surface area (Å²) in [6, 6.07) is 7.42. The van der Waals surface area contributed by atoms with E-state index in [2.05, 4.69) is 5.10 Å². The van der Waals surface area contributed by atoms with Gasteiger partial charge in [0.25, 0.3) is 5.69 Å². The Morgan fingerprint density at radius 3 is 2.53 bits per heavy atom. The van der Waals surface area contributed by atoms with Crippen molar-refractivity contribution in [1.29, 1.82) is 0 Å². The van der Waals surface area contributed by atoms with E-state index in [4.69, 9.17) is 4.74 Å². The lowest BCUT2D eigenvalue weighted by Crippen LogP contribution is -2.07. The zero-order valence-electron chi connectivity index (χ0n) is 10.4. The molecule has 1 aromatic heterocycles. The summed E-state index contributed by atoms with van der Waals surface area (Å²) in [7, 11) is 0. The van der Waals surface area contributed by atoms with Crippen LogP contribution < -0.4 is 4.74 Å². The van der Waals surface area contributed by atoms with Crippen molar-refractivity contribution >= 4 is 11.7 Å². The third-order valence-electron chi connectivity index (χ3n) is 2.35. The van der Waals surface area contributed by atoms with E-state index >= 15 is 0 Å². The van der Waals surface area contributed by atoms with E-state index in [1.165, 1.54) is 35.9 Å². The zero-order valence-corrected chi connectivity index (χ0v) is 10.4. The summed E-state index contributed by atoms with van der Waals surface area (Å²) in [6.07, 6.45) is 0. The number of esters is 1. The molecule has 7 nitrogen and oxygen atoms in total. The molecule has 0 atom stereocenters. The number of carbonyl (C=O) groups is 1. The van der Waals surface area contributed by atoms with Gasteiger partial charge in [-0.2, -0.15) is 5.10 Å². The number of aromatic nitrogens is 2. The molecule has 19 heavy (non-hydrogen) atoms. The van der Waals surface area contributed by atoms with Gasteiger partial charge in [0, 0.05) is 25.1 Å². The smallest absolute Gasteiger partial charge is 0.309 e. The number of nitro groups is 1. The molecule has 0 aliphatic carbocycles. The van der Waals surface area contributed by atoms with Gasteiger partial charge < -0.3 is 4.74 Å². The Bertz CT molecular complexity index is 631. The highest BCUT2D eigenvalue weighted by atomic mass is 16.6. The first-order valence-corrected chi connectivity index (χ1v) is 5.47. The van der Waals surface area contributed by atoms with Crippen molar-refractivity contribution in [3.8, 4) is 11.6 Å². The minimum Gasteiger partial charge on any atom is -0.408 e. The van der Waals surface area contributed by atoms with Crippen LogP contribution in [0, 0.1) is 17.0 Å². The highest BCUT2D eigenvalue weighted by Crippen LogP contribution is 2.21. The number of nitro benzene ring substituents is 1. The lowest BCUT2D eigenvalue weighted by molar-refractivity contribution is -0.384. The third kappa shape index (κ3) is 2.76. The highest BCUT2D eigenvalue weighted by molar-refractivity contribution is 5.69. The average molecular weight is 261 g/mol. The molecule has 98 valence electrons. The molecule has 7 heteroatoms. The van der Waals surface area contributed by atoms with E-state index < -0.39 is 10.9 Å². The monoisotopic (exact) mass is 261 g/mol. The molecule has 1 aromatic carbocycles. The Morgan fingerprint density at radius 1 is 1.37 bits per heavy atom. The van der Waals surface area contributed by atoms with Crippen LogP contribution in [0.25, 0.3) is 5.69 Å². The maximum atomic E-state index is 11.0. The molecule has 2 aromatic rings. The van der Waals surface area contributed by atoms with E-state index in [0.29, 0.717) is 11.4 Å². The van der Waals surface area contributed by atoms with Crippen LogP contribution in [0.2, 0.25) is 0 Å². The Labute approximate surface area is 108 Å². The molecule has 0 aliphatic heterocycles. The van der Waals surface area contributed by atoms with E-state index in [9.17, 15) is 14.9 Å². The quantitative estimate of drug-likeness (QED) is 0.479. The van der Waals surface area contributed by atoms with Gasteiger partial charge in [-0.3, -0.25) is 14.9 Å². The maximum absolute atomic E-state index is 11.0. The molecule has 0 amide bonds. The molecule has 0 fully saturated rings. The predicted molar refractivity (Wildman–Crippen MR) is 66.3 cm³/mol. The largest absolute Gasteiger partial charge is 0.408 e. The molecule has 0 radical (unpaired) electrons. The van der Waals surface area contributed by atoms with Crippen molar-refractivity contribution in [2.24, 2.45) is 0 Å². The Kier molecular flexibility index (Phi) is 3.28. The molecule has 2 rings (SSSR count). The molecular formula is C12H11N3O4. The normalized spacial score (nSPS) is 10.2. The Balaban J connectivity index is 2.40. The zero-order chi connectivity index (χ0) is 14.0. The second kappa shape index (κ2) is 4.89. The molecule has 0 unspecified atom stereocenters. The van der Waals surface area contributed by atoms with Crippen molar-refractivity contribution in [2.45, 2.75) is 13.8 Å². The number of hydrogen-bond donors (Lipinski definition) is 0. The first kappa shape index (κ1) is 12.7. The third-order valence-corrected chi connectivity index (χ3v) is 2.35. The van der Waals surface area contributed by atoms with Gasteiger partial charge in [-0.25, -0.2) is 4.68 Å². The van der Waals surface area contributed by atoms with Crippen molar-refractivity contribution in [3.05, 3.63) is 46.1 Å². The van der Waals surface area contributed by atoms with Crippen LogP contribution in [-0.4, -0.2) is 20.7 Å². The number of benzene rings is 1. The molecular weight excluding hydrogens is 250 g/mol. The van der Waals surface area contributed by atoms with Crippen LogP contribution in [-0.2, 0) is 4.79 Å². The van der Waals surface area contributed by atoms with Crippen LogP contribution in [0.5, 0.6) is 5.88 Å². The van der Waals surface area contributed by atoms with Crippen LogP contribution in [0.15, 0.2) is 30.3 Å². The fraction of sp³-hybridized carbons (Fsp3) is 0.167. The molecule has 0 saturated heterocycles. The summed E-state index contributed by atoms with van der Waals surface area (Å²) in [4.78, 5) is 21.1. The highest BCUT2D eigenvalue weighted by Gasteiger charge is 2.12. The van der Waals surface area contributed by atoms with Crippen molar-refractivity contribution < 1.29 is 14.5 Å². The fourth-order valence-electron chi connectivity index (χ4n) is 1.60. The predicted octanol–water partition coefficient (Wildman–Crippen LogP) is 2.01. The molecule has 0 spiro atoms. The Morgan fingerprint density at radius 2 is 2.00 bits per heavy atom. The summed E-state index contributed by atoms with van der Waals surface area (Å²) >= 11 is 0. The second-order valence-corrected chi connectivity index (χ2v) is 3.90. The average Bonchev–Trinajstić information content (AvgIpc) is 2.69. The first-order chi connectivity index (χ1) is 8.97. The SMILES string of the molecule is CC(=O)Oc1cc(C)nn1-c1ccc([N+](=O)[O-])cc1. The van der Waals surface area contributed by atoms with Gasteiger partial charge in [0.15, 0.2) is 0 Å². The number of hydrogen-bond acceptors (Lipinski definition) is 5. The minimum atomic E-state index is -0.481. The van der Waals surface area contributed by atoms with Crippen LogP contribution in [0.1, 0.15) is 12.6 Å². The molecule has 0 bridgehead atoms. The van der Waals surface area contributed by atoms with Gasteiger partial charge in [0.2, 0.25) is 5.88 Å². The van der Waals surface area contributed by atoms with Gasteiger partial charge in [0.1, 0.15) is 0 Å². The lowest BCUT2D eigenvalue weighted by Gasteiger charge is -2.05. The van der Waals surface area contributed by atoms with E-state index in [-0.39, 0.29) is 11.6 Å². The standard InChI is InChI=1S/C12H11N3O4/c1-8-7-12(19-9(2)16)14(13-8)10-3-5-11(6-4-10)15(17)18/h3-7H,1-2H3. The number of rotatable bonds is 3. The summed E-state index contributed by atoms with van der Waals surface area (Å²) in [5.74, 6) is -0.179. The molecule has 0 N–H and O–H groups in total. The molecule has 0 aliphatic rings. The molecule has 1 heterocycles. The number of aryl methyl sites for hydroxylation is 1. The summed E-state index contributed by atoms with van der Waals surface area (Å²) in [5.41, 5.74) is 1.24. The van der Waals surface area contributed by atoms with E-state index in [1.807, 2.05) is 0 Å². The van der Waals surface area contributed by atoms with Crippen molar-refractivity contribution in [2.75, 3.05) is 0 Å². The number of nitrogens with zero attached hydrogens (tertiary/aromatic N) is 3. The van der Waals surface area contributed by atoms with Gasteiger partial charge >= 0.3 is 5.97 Å². The van der Waals surface area contributed by atoms with Gasteiger partial charge in [-0.1, -0.05) is 0 Å². The fourth-order valence-corrected chi connectivity index (χ4v) is 1.60. The van der Waals surface area contributed by atoms with Gasteiger partial charge in [0.05, 0.1) is 16.3 Å². The topological polar surface area (TPSA) is 87.3 Å². The first-order valence-electron chi connectivity index (χ1n) is 5.47. The van der Waals surface area contributed by atoms with Crippen LogP contribution in [0.3, 0.4) is 0 Å².